The molecule has 0 spiro atoms. The van der Waals surface area contributed by atoms with Crippen molar-refractivity contribution < 1.29 is 23.8 Å². The molecule has 1 amide bonds. The fraction of sp³-hybridized carbons (Fsp3) is 0.200. The van der Waals surface area contributed by atoms with Crippen LogP contribution in [0.3, 0.4) is 0 Å². The topological polar surface area (TPSA) is 89.6 Å². The fourth-order valence-electron chi connectivity index (χ4n) is 3.01. The Balaban J connectivity index is 1.53. The highest BCUT2D eigenvalue weighted by molar-refractivity contribution is 6.31. The summed E-state index contributed by atoms with van der Waals surface area (Å²) in [6.07, 6.45) is -0.342. The Labute approximate surface area is 165 Å². The van der Waals surface area contributed by atoms with Gasteiger partial charge in [-0.05, 0) is 36.4 Å². The van der Waals surface area contributed by atoms with Crippen molar-refractivity contribution in [1.29, 1.82) is 0 Å². The Hall–Kier alpha value is -3.19. The standard InChI is InChI=1S/C20H17ClN2O5/c1-26-20(25)17-6-7-27-18-10-13(3-5-16(18)28-17)22-19(24)15-9-11-8-12(21)2-4-14(11)23-15/h2-5,8-10,17,23H,6-7H2,1H3,(H,22,24). The largest absolute Gasteiger partial charge is 0.489 e. The van der Waals surface area contributed by atoms with E-state index in [0.29, 0.717) is 40.9 Å². The molecule has 0 radical (unpaired) electrons. The highest BCUT2D eigenvalue weighted by Crippen LogP contribution is 2.34. The van der Waals surface area contributed by atoms with Crippen LogP contribution in [0.25, 0.3) is 10.9 Å². The summed E-state index contributed by atoms with van der Waals surface area (Å²) >= 11 is 5.99. The molecule has 144 valence electrons. The first-order valence-electron chi connectivity index (χ1n) is 8.64. The molecular weight excluding hydrogens is 384 g/mol. The number of hydrogen-bond donors (Lipinski definition) is 2. The van der Waals surface area contributed by atoms with Crippen molar-refractivity contribution in [2.75, 3.05) is 19.0 Å². The first kappa shape index (κ1) is 18.2. The predicted octanol–water partition coefficient (Wildman–Crippen LogP) is 3.78. The molecule has 0 saturated heterocycles. The molecule has 1 atom stereocenters. The van der Waals surface area contributed by atoms with E-state index in [-0.39, 0.29) is 5.91 Å². The van der Waals surface area contributed by atoms with E-state index in [0.717, 1.165) is 10.9 Å². The van der Waals surface area contributed by atoms with E-state index in [9.17, 15) is 9.59 Å². The molecular formula is C20H17ClN2O5. The van der Waals surface area contributed by atoms with Gasteiger partial charge in [-0.15, -0.1) is 0 Å². The number of carbonyl (C=O) groups excluding carboxylic acids is 2. The molecule has 1 unspecified atom stereocenters. The van der Waals surface area contributed by atoms with Crippen molar-refractivity contribution in [1.82, 2.24) is 4.98 Å². The van der Waals surface area contributed by atoms with Gasteiger partial charge in [0.2, 0.25) is 0 Å². The number of H-pyrrole nitrogens is 1. The number of benzene rings is 2. The second-order valence-corrected chi connectivity index (χ2v) is 6.73. The Morgan fingerprint density at radius 3 is 2.86 bits per heavy atom. The van der Waals surface area contributed by atoms with Crippen molar-refractivity contribution >= 4 is 40.1 Å². The third-order valence-electron chi connectivity index (χ3n) is 4.40. The lowest BCUT2D eigenvalue weighted by Crippen LogP contribution is -2.28. The molecule has 4 rings (SSSR count). The molecule has 0 fully saturated rings. The number of aromatic amines is 1. The van der Waals surface area contributed by atoms with E-state index in [1.807, 2.05) is 6.07 Å². The minimum Gasteiger partial charge on any atom is -0.489 e. The Kier molecular flexibility index (Phi) is 4.83. The number of halogens is 1. The number of aromatic nitrogens is 1. The smallest absolute Gasteiger partial charge is 0.347 e. The number of amides is 1. The average Bonchev–Trinajstić information content (AvgIpc) is 2.99. The lowest BCUT2D eigenvalue weighted by molar-refractivity contribution is -0.149. The maximum atomic E-state index is 12.6. The van der Waals surface area contributed by atoms with E-state index in [2.05, 4.69) is 10.3 Å². The number of hydrogen-bond acceptors (Lipinski definition) is 5. The van der Waals surface area contributed by atoms with Crippen molar-refractivity contribution in [3.63, 3.8) is 0 Å². The quantitative estimate of drug-likeness (QED) is 0.653. The van der Waals surface area contributed by atoms with E-state index in [1.54, 1.807) is 36.4 Å². The first-order chi connectivity index (χ1) is 13.5. The summed E-state index contributed by atoms with van der Waals surface area (Å²) in [6.45, 7) is 0.299. The summed E-state index contributed by atoms with van der Waals surface area (Å²) in [6, 6.07) is 12.1. The summed E-state index contributed by atoms with van der Waals surface area (Å²) < 4.78 is 16.1. The van der Waals surface area contributed by atoms with Gasteiger partial charge in [-0.2, -0.15) is 0 Å². The molecule has 2 heterocycles. The van der Waals surface area contributed by atoms with Crippen LogP contribution in [0.15, 0.2) is 42.5 Å². The van der Waals surface area contributed by atoms with Crippen LogP contribution in [0.1, 0.15) is 16.9 Å². The van der Waals surface area contributed by atoms with Gasteiger partial charge in [-0.25, -0.2) is 4.79 Å². The first-order valence-corrected chi connectivity index (χ1v) is 9.02. The van der Waals surface area contributed by atoms with Crippen LogP contribution in [0.5, 0.6) is 11.5 Å². The zero-order valence-electron chi connectivity index (χ0n) is 15.0. The van der Waals surface area contributed by atoms with Crippen LogP contribution in [-0.2, 0) is 9.53 Å². The Morgan fingerprint density at radius 2 is 2.04 bits per heavy atom. The minimum atomic E-state index is -0.718. The summed E-state index contributed by atoms with van der Waals surface area (Å²) in [7, 11) is 1.31. The Morgan fingerprint density at radius 1 is 1.18 bits per heavy atom. The molecule has 1 aliphatic rings. The monoisotopic (exact) mass is 400 g/mol. The van der Waals surface area contributed by atoms with E-state index < -0.39 is 12.1 Å². The molecule has 1 aromatic heterocycles. The second kappa shape index (κ2) is 7.44. The number of fused-ring (bicyclic) bond motifs is 2. The highest BCUT2D eigenvalue weighted by Gasteiger charge is 2.26. The lowest BCUT2D eigenvalue weighted by Gasteiger charge is -2.14. The van der Waals surface area contributed by atoms with Crippen molar-refractivity contribution in [3.8, 4) is 11.5 Å². The third kappa shape index (κ3) is 3.61. The fourth-order valence-corrected chi connectivity index (χ4v) is 3.19. The molecule has 1 aliphatic heterocycles. The summed E-state index contributed by atoms with van der Waals surface area (Å²) in [5.41, 5.74) is 1.78. The number of rotatable bonds is 3. The van der Waals surface area contributed by atoms with E-state index in [1.165, 1.54) is 7.11 Å². The van der Waals surface area contributed by atoms with Crippen LogP contribution in [0, 0.1) is 0 Å². The maximum absolute atomic E-state index is 12.6. The molecule has 3 aromatic rings. The minimum absolute atomic E-state index is 0.297. The average molecular weight is 401 g/mol. The van der Waals surface area contributed by atoms with Gasteiger partial charge in [0.05, 0.1) is 13.7 Å². The number of nitrogens with one attached hydrogen (secondary N) is 2. The molecule has 0 aliphatic carbocycles. The van der Waals surface area contributed by atoms with Gasteiger partial charge in [0.15, 0.2) is 17.6 Å². The molecule has 0 saturated carbocycles. The van der Waals surface area contributed by atoms with Gasteiger partial charge in [0.1, 0.15) is 5.69 Å². The predicted molar refractivity (Wildman–Crippen MR) is 104 cm³/mol. The number of ether oxygens (including phenoxy) is 3. The van der Waals surface area contributed by atoms with Gasteiger partial charge in [0.25, 0.3) is 5.91 Å². The van der Waals surface area contributed by atoms with Gasteiger partial charge in [-0.1, -0.05) is 11.6 Å². The molecule has 2 N–H and O–H groups in total. The molecule has 2 aromatic carbocycles. The Bertz CT molecular complexity index is 1060. The summed E-state index contributed by atoms with van der Waals surface area (Å²) in [5, 5.41) is 4.27. The summed E-state index contributed by atoms with van der Waals surface area (Å²) in [5.74, 6) is 0.126. The van der Waals surface area contributed by atoms with Crippen LogP contribution >= 0.6 is 11.6 Å². The van der Waals surface area contributed by atoms with Crippen LogP contribution in [0.4, 0.5) is 5.69 Å². The second-order valence-electron chi connectivity index (χ2n) is 6.30. The van der Waals surface area contributed by atoms with E-state index in [4.69, 9.17) is 25.8 Å². The van der Waals surface area contributed by atoms with Crippen LogP contribution < -0.4 is 14.8 Å². The zero-order valence-corrected chi connectivity index (χ0v) is 15.7. The summed E-state index contributed by atoms with van der Waals surface area (Å²) in [4.78, 5) is 27.4. The van der Waals surface area contributed by atoms with Crippen LogP contribution in [-0.4, -0.2) is 36.7 Å². The van der Waals surface area contributed by atoms with Gasteiger partial charge in [0, 0.05) is 34.1 Å². The normalized spacial score (nSPS) is 15.7. The lowest BCUT2D eigenvalue weighted by atomic mass is 10.2. The number of anilines is 1. The number of esters is 1. The van der Waals surface area contributed by atoms with Crippen molar-refractivity contribution in [2.24, 2.45) is 0 Å². The SMILES string of the molecule is COC(=O)C1CCOc2cc(NC(=O)c3cc4cc(Cl)ccc4[nH]3)ccc2O1. The van der Waals surface area contributed by atoms with Gasteiger partial charge < -0.3 is 24.5 Å². The van der Waals surface area contributed by atoms with Gasteiger partial charge >= 0.3 is 5.97 Å². The third-order valence-corrected chi connectivity index (χ3v) is 4.64. The zero-order chi connectivity index (χ0) is 19.7. The molecule has 8 heteroatoms. The van der Waals surface area contributed by atoms with Gasteiger partial charge in [-0.3, -0.25) is 4.79 Å². The number of methoxy groups -OCH3 is 1. The highest BCUT2D eigenvalue weighted by atomic mass is 35.5. The molecule has 7 nitrogen and oxygen atoms in total. The maximum Gasteiger partial charge on any atom is 0.347 e. The molecule has 0 bridgehead atoms. The van der Waals surface area contributed by atoms with E-state index >= 15 is 0 Å². The molecule has 28 heavy (non-hydrogen) atoms. The van der Waals surface area contributed by atoms with Crippen molar-refractivity contribution in [3.05, 3.63) is 53.2 Å². The van der Waals surface area contributed by atoms with Crippen molar-refractivity contribution in [2.45, 2.75) is 12.5 Å². The van der Waals surface area contributed by atoms with Crippen LogP contribution in [0.2, 0.25) is 5.02 Å². The number of carbonyl (C=O) groups is 2.